The van der Waals surface area contributed by atoms with Crippen molar-refractivity contribution in [2.45, 2.75) is 6.42 Å². The quantitative estimate of drug-likeness (QED) is 0.729. The highest BCUT2D eigenvalue weighted by molar-refractivity contribution is 6.04. The molecule has 6 heteroatoms. The summed E-state index contributed by atoms with van der Waals surface area (Å²) in [4.78, 5) is 19.2. The molecule has 142 valence electrons. The van der Waals surface area contributed by atoms with Crippen LogP contribution in [0, 0.1) is 0 Å². The predicted octanol–water partition coefficient (Wildman–Crippen LogP) is 4.05. The van der Waals surface area contributed by atoms with Crippen molar-refractivity contribution in [2.75, 3.05) is 31.0 Å². The maximum atomic E-state index is 12.6. The van der Waals surface area contributed by atoms with Gasteiger partial charge in [0.1, 0.15) is 17.2 Å². The van der Waals surface area contributed by atoms with Crippen LogP contribution in [0.3, 0.4) is 0 Å². The van der Waals surface area contributed by atoms with Crippen molar-refractivity contribution in [3.8, 4) is 11.5 Å². The SMILES string of the molecule is COc1ccc(OC)c(NC(=O)c2ccc(N3CCc4ccccc43)cn2)c1. The van der Waals surface area contributed by atoms with E-state index in [1.54, 1.807) is 44.7 Å². The molecule has 1 aliphatic rings. The van der Waals surface area contributed by atoms with Gasteiger partial charge < -0.3 is 19.7 Å². The van der Waals surface area contributed by atoms with Gasteiger partial charge in [0.05, 0.1) is 31.8 Å². The van der Waals surface area contributed by atoms with Gasteiger partial charge in [-0.2, -0.15) is 0 Å². The van der Waals surface area contributed by atoms with E-state index in [0.717, 1.165) is 18.7 Å². The maximum Gasteiger partial charge on any atom is 0.274 e. The minimum Gasteiger partial charge on any atom is -0.497 e. The van der Waals surface area contributed by atoms with Crippen molar-refractivity contribution in [1.82, 2.24) is 4.98 Å². The van der Waals surface area contributed by atoms with Gasteiger partial charge in [0.25, 0.3) is 5.91 Å². The Bertz CT molecular complexity index is 1000. The molecular weight excluding hydrogens is 354 g/mol. The summed E-state index contributed by atoms with van der Waals surface area (Å²) in [5, 5.41) is 2.84. The van der Waals surface area contributed by atoms with Crippen LogP contribution in [0.25, 0.3) is 0 Å². The highest BCUT2D eigenvalue weighted by Crippen LogP contribution is 2.34. The molecule has 1 aliphatic heterocycles. The molecule has 0 saturated carbocycles. The third kappa shape index (κ3) is 3.36. The summed E-state index contributed by atoms with van der Waals surface area (Å²) in [6.07, 6.45) is 2.74. The van der Waals surface area contributed by atoms with Crippen molar-refractivity contribution in [3.05, 3.63) is 72.1 Å². The molecule has 1 N–H and O–H groups in total. The Morgan fingerprint density at radius 1 is 1.07 bits per heavy atom. The van der Waals surface area contributed by atoms with Crippen molar-refractivity contribution < 1.29 is 14.3 Å². The number of para-hydroxylation sites is 1. The summed E-state index contributed by atoms with van der Waals surface area (Å²) in [6, 6.07) is 17.2. The highest BCUT2D eigenvalue weighted by Gasteiger charge is 2.20. The van der Waals surface area contributed by atoms with Gasteiger partial charge in [0, 0.05) is 18.3 Å². The zero-order valence-electron chi connectivity index (χ0n) is 15.8. The van der Waals surface area contributed by atoms with Crippen LogP contribution in [0.2, 0.25) is 0 Å². The minimum absolute atomic E-state index is 0.306. The molecule has 0 spiro atoms. The molecule has 3 aromatic rings. The maximum absolute atomic E-state index is 12.6. The predicted molar refractivity (Wildman–Crippen MR) is 109 cm³/mol. The molecule has 4 rings (SSSR count). The number of ether oxygens (including phenoxy) is 2. The number of hydrogen-bond donors (Lipinski definition) is 1. The summed E-state index contributed by atoms with van der Waals surface area (Å²) < 4.78 is 10.5. The molecule has 0 radical (unpaired) electrons. The van der Waals surface area contributed by atoms with Crippen LogP contribution in [0.1, 0.15) is 16.1 Å². The number of anilines is 3. The van der Waals surface area contributed by atoms with Crippen LogP contribution >= 0.6 is 0 Å². The summed E-state index contributed by atoms with van der Waals surface area (Å²) >= 11 is 0. The molecule has 2 aromatic carbocycles. The number of pyridine rings is 1. The van der Waals surface area contributed by atoms with E-state index in [4.69, 9.17) is 9.47 Å². The number of carbonyl (C=O) groups is 1. The molecule has 1 amide bonds. The summed E-state index contributed by atoms with van der Waals surface area (Å²) in [6.45, 7) is 0.910. The average Bonchev–Trinajstić information content (AvgIpc) is 3.18. The summed E-state index contributed by atoms with van der Waals surface area (Å²) in [5.74, 6) is 0.881. The number of nitrogens with zero attached hydrogens (tertiary/aromatic N) is 2. The summed E-state index contributed by atoms with van der Waals surface area (Å²) in [7, 11) is 3.13. The number of amides is 1. The lowest BCUT2D eigenvalue weighted by Crippen LogP contribution is -2.16. The third-order valence-corrected chi connectivity index (χ3v) is 4.83. The first-order valence-electron chi connectivity index (χ1n) is 9.04. The van der Waals surface area contributed by atoms with Gasteiger partial charge in [-0.15, -0.1) is 0 Å². The number of rotatable bonds is 5. The fourth-order valence-electron chi connectivity index (χ4n) is 3.38. The van der Waals surface area contributed by atoms with Gasteiger partial charge in [-0.25, -0.2) is 4.98 Å². The van der Waals surface area contributed by atoms with E-state index in [0.29, 0.717) is 22.9 Å². The largest absolute Gasteiger partial charge is 0.497 e. The Morgan fingerprint density at radius 3 is 2.68 bits per heavy atom. The van der Waals surface area contributed by atoms with Crippen LogP contribution < -0.4 is 19.7 Å². The molecule has 0 saturated heterocycles. The van der Waals surface area contributed by atoms with Gasteiger partial charge in [0.15, 0.2) is 0 Å². The van der Waals surface area contributed by atoms with Gasteiger partial charge in [-0.3, -0.25) is 4.79 Å². The van der Waals surface area contributed by atoms with Crippen molar-refractivity contribution in [1.29, 1.82) is 0 Å². The third-order valence-electron chi connectivity index (χ3n) is 4.83. The van der Waals surface area contributed by atoms with Gasteiger partial charge in [0.2, 0.25) is 0 Å². The number of fused-ring (bicyclic) bond motifs is 1. The van der Waals surface area contributed by atoms with Crippen LogP contribution in [0.15, 0.2) is 60.8 Å². The molecule has 2 heterocycles. The number of aromatic nitrogens is 1. The van der Waals surface area contributed by atoms with Gasteiger partial charge >= 0.3 is 0 Å². The fourth-order valence-corrected chi connectivity index (χ4v) is 3.38. The molecule has 0 fully saturated rings. The molecule has 0 unspecified atom stereocenters. The number of nitrogens with one attached hydrogen (secondary N) is 1. The smallest absolute Gasteiger partial charge is 0.274 e. The average molecular weight is 375 g/mol. The highest BCUT2D eigenvalue weighted by atomic mass is 16.5. The van der Waals surface area contributed by atoms with E-state index in [2.05, 4.69) is 33.4 Å². The van der Waals surface area contributed by atoms with Crippen molar-refractivity contribution >= 4 is 23.0 Å². The van der Waals surface area contributed by atoms with Gasteiger partial charge in [-0.05, 0) is 42.3 Å². The first-order chi connectivity index (χ1) is 13.7. The molecule has 28 heavy (non-hydrogen) atoms. The first kappa shape index (κ1) is 17.9. The summed E-state index contributed by atoms with van der Waals surface area (Å²) in [5.41, 5.74) is 4.37. The Labute approximate surface area is 163 Å². The Kier molecular flexibility index (Phi) is 4.85. The second-order valence-corrected chi connectivity index (χ2v) is 6.45. The Morgan fingerprint density at radius 2 is 1.93 bits per heavy atom. The number of benzene rings is 2. The van der Waals surface area contributed by atoms with Crippen molar-refractivity contribution in [3.63, 3.8) is 0 Å². The van der Waals surface area contributed by atoms with Gasteiger partial charge in [-0.1, -0.05) is 18.2 Å². The number of hydrogen-bond acceptors (Lipinski definition) is 5. The van der Waals surface area contributed by atoms with E-state index in [1.165, 1.54) is 11.3 Å². The normalized spacial score (nSPS) is 12.4. The lowest BCUT2D eigenvalue weighted by molar-refractivity contribution is 0.102. The molecule has 0 atom stereocenters. The Balaban J connectivity index is 1.53. The molecule has 0 aliphatic carbocycles. The second-order valence-electron chi connectivity index (χ2n) is 6.45. The van der Waals surface area contributed by atoms with E-state index in [9.17, 15) is 4.79 Å². The topological polar surface area (TPSA) is 63.7 Å². The van der Waals surface area contributed by atoms with Crippen LogP contribution in [0.4, 0.5) is 17.1 Å². The van der Waals surface area contributed by atoms with E-state index >= 15 is 0 Å². The van der Waals surface area contributed by atoms with Crippen LogP contribution in [-0.2, 0) is 6.42 Å². The van der Waals surface area contributed by atoms with E-state index in [-0.39, 0.29) is 5.91 Å². The number of methoxy groups -OCH3 is 2. The van der Waals surface area contributed by atoms with E-state index < -0.39 is 0 Å². The monoisotopic (exact) mass is 375 g/mol. The molecule has 6 nitrogen and oxygen atoms in total. The molecule has 0 bridgehead atoms. The lowest BCUT2D eigenvalue weighted by atomic mass is 10.2. The number of carbonyl (C=O) groups excluding carboxylic acids is 1. The lowest BCUT2D eigenvalue weighted by Gasteiger charge is -2.19. The fraction of sp³-hybridized carbons (Fsp3) is 0.182. The zero-order chi connectivity index (χ0) is 19.5. The van der Waals surface area contributed by atoms with Crippen LogP contribution in [-0.4, -0.2) is 31.7 Å². The first-order valence-corrected chi connectivity index (χ1v) is 9.04. The Hall–Kier alpha value is -3.54. The zero-order valence-corrected chi connectivity index (χ0v) is 15.8. The standard InChI is InChI=1S/C22H21N3O3/c1-27-17-8-10-21(28-2)19(13-17)24-22(26)18-9-7-16(14-23-18)25-12-11-15-5-3-4-6-20(15)25/h3-10,13-14H,11-12H2,1-2H3,(H,24,26). The van der Waals surface area contributed by atoms with E-state index in [1.807, 2.05) is 12.1 Å². The van der Waals surface area contributed by atoms with Crippen LogP contribution in [0.5, 0.6) is 11.5 Å². The second kappa shape index (κ2) is 7.60. The van der Waals surface area contributed by atoms with Crippen molar-refractivity contribution in [2.24, 2.45) is 0 Å². The molecular formula is C22H21N3O3. The molecule has 1 aromatic heterocycles. The minimum atomic E-state index is -0.306.